The van der Waals surface area contributed by atoms with Gasteiger partial charge in [-0.25, -0.2) is 8.78 Å². The Balaban J connectivity index is 2.73. The van der Waals surface area contributed by atoms with E-state index in [1.807, 2.05) is 6.92 Å². The van der Waals surface area contributed by atoms with Crippen LogP contribution >= 0.6 is 0 Å². The summed E-state index contributed by atoms with van der Waals surface area (Å²) in [6, 6.07) is 1.75. The van der Waals surface area contributed by atoms with E-state index in [0.29, 0.717) is 11.4 Å². The van der Waals surface area contributed by atoms with E-state index in [9.17, 15) is 8.78 Å². The van der Waals surface area contributed by atoms with Crippen LogP contribution in [-0.2, 0) is 6.42 Å². The highest BCUT2D eigenvalue weighted by Crippen LogP contribution is 2.17. The molecule has 0 radical (unpaired) electrons. The van der Waals surface area contributed by atoms with Gasteiger partial charge in [-0.05, 0) is 25.0 Å². The van der Waals surface area contributed by atoms with E-state index < -0.39 is 13.0 Å². The topological polar surface area (TPSA) is 22.1 Å². The molecule has 0 saturated heterocycles. The zero-order chi connectivity index (χ0) is 10.6. The van der Waals surface area contributed by atoms with E-state index in [1.165, 1.54) is 0 Å². The summed E-state index contributed by atoms with van der Waals surface area (Å²) in [6.45, 7) is 3.14. The lowest BCUT2D eigenvalue weighted by atomic mass is 10.2. The summed E-state index contributed by atoms with van der Waals surface area (Å²) in [5, 5.41) is 0. The maximum absolute atomic E-state index is 11.9. The highest BCUT2D eigenvalue weighted by molar-refractivity contribution is 5.30. The van der Waals surface area contributed by atoms with E-state index in [0.717, 1.165) is 12.0 Å². The van der Waals surface area contributed by atoms with Crippen LogP contribution in [0.4, 0.5) is 8.78 Å². The predicted molar refractivity (Wildman–Crippen MR) is 49.9 cm³/mol. The van der Waals surface area contributed by atoms with Crippen molar-refractivity contribution < 1.29 is 13.5 Å². The number of nitrogens with zero attached hydrogens (tertiary/aromatic N) is 1. The first-order valence-electron chi connectivity index (χ1n) is 4.50. The number of hydrogen-bond donors (Lipinski definition) is 0. The number of alkyl halides is 2. The Morgan fingerprint density at radius 1 is 1.50 bits per heavy atom. The molecule has 0 fully saturated rings. The molecule has 1 aromatic heterocycles. The van der Waals surface area contributed by atoms with Gasteiger partial charge in [0.1, 0.15) is 12.4 Å². The average molecular weight is 201 g/mol. The highest BCUT2D eigenvalue weighted by Gasteiger charge is 2.06. The van der Waals surface area contributed by atoms with Crippen LogP contribution in [0.25, 0.3) is 0 Å². The average Bonchev–Trinajstić information content (AvgIpc) is 2.16. The third-order valence-corrected chi connectivity index (χ3v) is 1.87. The van der Waals surface area contributed by atoms with Crippen LogP contribution in [0.5, 0.6) is 5.75 Å². The Kier molecular flexibility index (Phi) is 3.80. The number of hydrogen-bond acceptors (Lipinski definition) is 2. The molecule has 4 heteroatoms. The van der Waals surface area contributed by atoms with Crippen LogP contribution < -0.4 is 4.74 Å². The number of aromatic nitrogens is 1. The summed E-state index contributed by atoms with van der Waals surface area (Å²) < 4.78 is 28.7. The first kappa shape index (κ1) is 10.9. The quantitative estimate of drug-likeness (QED) is 0.747. The van der Waals surface area contributed by atoms with Crippen molar-refractivity contribution in [3.63, 3.8) is 0 Å². The molecule has 2 nitrogen and oxygen atoms in total. The van der Waals surface area contributed by atoms with E-state index in [4.69, 9.17) is 4.74 Å². The van der Waals surface area contributed by atoms with Gasteiger partial charge in [-0.15, -0.1) is 0 Å². The first-order chi connectivity index (χ1) is 6.63. The Bertz CT molecular complexity index is 302. The van der Waals surface area contributed by atoms with E-state index in [2.05, 4.69) is 4.98 Å². The van der Waals surface area contributed by atoms with Crippen LogP contribution in [0, 0.1) is 6.92 Å². The third kappa shape index (κ3) is 2.94. The lowest BCUT2D eigenvalue weighted by molar-refractivity contribution is 0.0813. The highest BCUT2D eigenvalue weighted by atomic mass is 19.3. The van der Waals surface area contributed by atoms with Crippen molar-refractivity contribution in [2.75, 3.05) is 6.61 Å². The monoisotopic (exact) mass is 201 g/mol. The van der Waals surface area contributed by atoms with Gasteiger partial charge in [-0.3, -0.25) is 4.98 Å². The van der Waals surface area contributed by atoms with E-state index in [1.54, 1.807) is 19.2 Å². The number of aryl methyl sites for hydroxylation is 2. The van der Waals surface area contributed by atoms with Crippen molar-refractivity contribution in [1.82, 2.24) is 4.98 Å². The summed E-state index contributed by atoms with van der Waals surface area (Å²) in [7, 11) is 0. The summed E-state index contributed by atoms with van der Waals surface area (Å²) in [4.78, 5) is 4.06. The van der Waals surface area contributed by atoms with Crippen LogP contribution in [0.15, 0.2) is 12.3 Å². The van der Waals surface area contributed by atoms with Crippen molar-refractivity contribution in [1.29, 1.82) is 0 Å². The van der Waals surface area contributed by atoms with Gasteiger partial charge >= 0.3 is 0 Å². The van der Waals surface area contributed by atoms with E-state index in [-0.39, 0.29) is 0 Å². The molecule has 1 rings (SSSR count). The minimum absolute atomic E-state index is 0.449. The van der Waals surface area contributed by atoms with Crippen LogP contribution in [0.3, 0.4) is 0 Å². The molecule has 0 aromatic carbocycles. The minimum atomic E-state index is -2.44. The molecule has 0 saturated carbocycles. The molecule has 0 aliphatic carbocycles. The molecule has 0 atom stereocenters. The number of halogens is 2. The molecule has 0 bridgehead atoms. The van der Waals surface area contributed by atoms with Gasteiger partial charge in [-0.1, -0.05) is 6.92 Å². The second-order valence-electron chi connectivity index (χ2n) is 2.98. The molecule has 0 aliphatic heterocycles. The third-order valence-electron chi connectivity index (χ3n) is 1.87. The van der Waals surface area contributed by atoms with Crippen molar-refractivity contribution in [2.45, 2.75) is 26.7 Å². The molecular weight excluding hydrogens is 188 g/mol. The fourth-order valence-corrected chi connectivity index (χ4v) is 1.05. The Morgan fingerprint density at radius 2 is 2.21 bits per heavy atom. The Morgan fingerprint density at radius 3 is 2.79 bits per heavy atom. The van der Waals surface area contributed by atoms with Gasteiger partial charge < -0.3 is 4.74 Å². The van der Waals surface area contributed by atoms with Gasteiger partial charge in [0, 0.05) is 6.20 Å². The predicted octanol–water partition coefficient (Wildman–Crippen LogP) is 2.60. The molecule has 0 amide bonds. The SMILES string of the molecule is CCc1cnc(C)c(OCC(F)F)c1. The summed E-state index contributed by atoms with van der Waals surface area (Å²) >= 11 is 0. The van der Waals surface area contributed by atoms with Gasteiger partial charge in [-0.2, -0.15) is 0 Å². The molecule has 14 heavy (non-hydrogen) atoms. The molecule has 1 heterocycles. The zero-order valence-corrected chi connectivity index (χ0v) is 8.26. The molecule has 1 aromatic rings. The molecule has 0 unspecified atom stereocenters. The Hall–Kier alpha value is -1.19. The van der Waals surface area contributed by atoms with Crippen LogP contribution in [0.1, 0.15) is 18.2 Å². The maximum Gasteiger partial charge on any atom is 0.272 e. The van der Waals surface area contributed by atoms with Crippen molar-refractivity contribution in [3.8, 4) is 5.75 Å². The van der Waals surface area contributed by atoms with Gasteiger partial charge in [0.05, 0.1) is 5.69 Å². The van der Waals surface area contributed by atoms with Gasteiger partial charge in [0.15, 0.2) is 0 Å². The minimum Gasteiger partial charge on any atom is -0.486 e. The fraction of sp³-hybridized carbons (Fsp3) is 0.500. The largest absolute Gasteiger partial charge is 0.486 e. The first-order valence-corrected chi connectivity index (χ1v) is 4.50. The smallest absolute Gasteiger partial charge is 0.272 e. The molecular formula is C10H13F2NO. The van der Waals surface area contributed by atoms with Crippen molar-refractivity contribution in [3.05, 3.63) is 23.5 Å². The molecule has 0 aliphatic rings. The maximum atomic E-state index is 11.9. The van der Waals surface area contributed by atoms with Gasteiger partial charge in [0.2, 0.25) is 0 Å². The van der Waals surface area contributed by atoms with Gasteiger partial charge in [0.25, 0.3) is 6.43 Å². The summed E-state index contributed by atoms with van der Waals surface area (Å²) in [5.41, 5.74) is 1.63. The molecule has 78 valence electrons. The second kappa shape index (κ2) is 4.88. The fourth-order valence-electron chi connectivity index (χ4n) is 1.05. The number of rotatable bonds is 4. The zero-order valence-electron chi connectivity index (χ0n) is 8.26. The second-order valence-corrected chi connectivity index (χ2v) is 2.98. The molecule has 0 N–H and O–H groups in total. The van der Waals surface area contributed by atoms with Crippen molar-refractivity contribution in [2.24, 2.45) is 0 Å². The van der Waals surface area contributed by atoms with Crippen LogP contribution in [-0.4, -0.2) is 18.0 Å². The van der Waals surface area contributed by atoms with Crippen molar-refractivity contribution >= 4 is 0 Å². The summed E-state index contributed by atoms with van der Waals surface area (Å²) in [5.74, 6) is 0.449. The number of pyridine rings is 1. The van der Waals surface area contributed by atoms with Crippen LogP contribution in [0.2, 0.25) is 0 Å². The standard InChI is InChI=1S/C10H13F2NO/c1-3-8-4-9(7(2)13-5-8)14-6-10(11)12/h4-5,10H,3,6H2,1-2H3. The normalized spacial score (nSPS) is 10.6. The Labute approximate surface area is 81.9 Å². The lowest BCUT2D eigenvalue weighted by Crippen LogP contribution is -2.08. The summed E-state index contributed by atoms with van der Waals surface area (Å²) in [6.07, 6.45) is 0.0998. The van der Waals surface area contributed by atoms with E-state index >= 15 is 0 Å². The molecule has 0 spiro atoms. The number of ether oxygens (including phenoxy) is 1. The lowest BCUT2D eigenvalue weighted by Gasteiger charge is -2.08.